The van der Waals surface area contributed by atoms with Crippen molar-refractivity contribution in [3.63, 3.8) is 0 Å². The number of fused-ring (bicyclic) bond motifs is 2. The maximum atomic E-state index is 13.7. The van der Waals surface area contributed by atoms with Gasteiger partial charge in [0.1, 0.15) is 0 Å². The molecular formula is C28H26F3N3O3S. The zero-order valence-corrected chi connectivity index (χ0v) is 21.3. The van der Waals surface area contributed by atoms with Crippen LogP contribution in [-0.4, -0.2) is 56.1 Å². The molecule has 3 aromatic rings. The summed E-state index contributed by atoms with van der Waals surface area (Å²) in [6.45, 7) is 4.26. The molecule has 2 aliphatic rings. The Morgan fingerprint density at radius 2 is 1.71 bits per heavy atom. The van der Waals surface area contributed by atoms with E-state index in [1.54, 1.807) is 24.3 Å². The Labute approximate surface area is 222 Å². The Morgan fingerprint density at radius 3 is 2.45 bits per heavy atom. The number of amides is 2. The Kier molecular flexibility index (Phi) is 7.73. The second-order valence-electron chi connectivity index (χ2n) is 9.08. The fourth-order valence-corrected chi connectivity index (χ4v) is 5.51. The molecule has 0 aromatic heterocycles. The third-order valence-corrected chi connectivity index (χ3v) is 7.67. The van der Waals surface area contributed by atoms with Crippen LogP contribution in [0.5, 0.6) is 0 Å². The molecule has 1 N–H and O–H groups in total. The number of benzene rings is 3. The topological polar surface area (TPSA) is 61.9 Å². The van der Waals surface area contributed by atoms with Crippen LogP contribution in [0, 0.1) is 0 Å². The first kappa shape index (κ1) is 26.3. The molecule has 1 saturated heterocycles. The zero-order valence-electron chi connectivity index (χ0n) is 20.5. The van der Waals surface area contributed by atoms with Crippen molar-refractivity contribution in [2.24, 2.45) is 0 Å². The van der Waals surface area contributed by atoms with E-state index in [9.17, 15) is 22.8 Å². The molecule has 6 nitrogen and oxygen atoms in total. The Bertz CT molecular complexity index is 1320. The molecule has 3 aromatic carbocycles. The van der Waals surface area contributed by atoms with E-state index in [1.165, 1.54) is 28.8 Å². The van der Waals surface area contributed by atoms with Gasteiger partial charge in [-0.05, 0) is 48.0 Å². The van der Waals surface area contributed by atoms with Crippen LogP contribution in [0.1, 0.15) is 31.8 Å². The van der Waals surface area contributed by atoms with Gasteiger partial charge < -0.3 is 15.0 Å². The molecule has 0 aliphatic carbocycles. The molecule has 0 saturated carbocycles. The van der Waals surface area contributed by atoms with E-state index in [2.05, 4.69) is 10.2 Å². The van der Waals surface area contributed by atoms with Crippen molar-refractivity contribution in [2.45, 2.75) is 22.5 Å². The Balaban J connectivity index is 1.41. The highest BCUT2D eigenvalue weighted by Crippen LogP contribution is 2.42. The first-order valence-electron chi connectivity index (χ1n) is 12.3. The van der Waals surface area contributed by atoms with Gasteiger partial charge in [0.15, 0.2) is 0 Å². The third kappa shape index (κ3) is 5.87. The second kappa shape index (κ2) is 11.2. The fraction of sp³-hybridized carbons (Fsp3) is 0.286. The van der Waals surface area contributed by atoms with E-state index < -0.39 is 11.7 Å². The van der Waals surface area contributed by atoms with Gasteiger partial charge in [-0.1, -0.05) is 36.0 Å². The predicted octanol–water partition coefficient (Wildman–Crippen LogP) is 5.08. The van der Waals surface area contributed by atoms with Gasteiger partial charge in [-0.15, -0.1) is 0 Å². The van der Waals surface area contributed by atoms with Crippen molar-refractivity contribution in [2.75, 3.05) is 44.3 Å². The minimum atomic E-state index is -4.44. The molecule has 0 atom stereocenters. The van der Waals surface area contributed by atoms with Crippen LogP contribution in [0.3, 0.4) is 0 Å². The average Bonchev–Trinajstić information content (AvgIpc) is 3.03. The second-order valence-corrected chi connectivity index (χ2v) is 10.2. The number of hydrogen-bond acceptors (Lipinski definition) is 5. The Morgan fingerprint density at radius 1 is 0.974 bits per heavy atom. The van der Waals surface area contributed by atoms with E-state index in [0.29, 0.717) is 48.7 Å². The molecule has 0 radical (unpaired) electrons. The molecule has 2 aliphatic heterocycles. The summed E-state index contributed by atoms with van der Waals surface area (Å²) in [5, 5.41) is 2.94. The molecule has 0 bridgehead atoms. The van der Waals surface area contributed by atoms with Crippen LogP contribution in [0.25, 0.3) is 0 Å². The van der Waals surface area contributed by atoms with Crippen molar-refractivity contribution >= 4 is 29.3 Å². The van der Waals surface area contributed by atoms with Crippen LogP contribution >= 0.6 is 11.8 Å². The average molecular weight is 542 g/mol. The van der Waals surface area contributed by atoms with E-state index >= 15 is 0 Å². The minimum absolute atomic E-state index is 0.0565. The minimum Gasteiger partial charge on any atom is -0.379 e. The van der Waals surface area contributed by atoms with Gasteiger partial charge in [-0.3, -0.25) is 14.5 Å². The van der Waals surface area contributed by atoms with Crippen molar-refractivity contribution < 1.29 is 27.5 Å². The van der Waals surface area contributed by atoms with Gasteiger partial charge in [-0.25, -0.2) is 0 Å². The fourth-order valence-electron chi connectivity index (χ4n) is 4.45. The predicted molar refractivity (Wildman–Crippen MR) is 139 cm³/mol. The van der Waals surface area contributed by atoms with E-state index in [0.717, 1.165) is 35.0 Å². The smallest absolute Gasteiger partial charge is 0.379 e. The maximum absolute atomic E-state index is 13.7. The van der Waals surface area contributed by atoms with Gasteiger partial charge in [-0.2, -0.15) is 13.2 Å². The molecule has 0 unspecified atom stereocenters. The lowest BCUT2D eigenvalue weighted by Crippen LogP contribution is -2.41. The summed E-state index contributed by atoms with van der Waals surface area (Å²) >= 11 is 1.42. The van der Waals surface area contributed by atoms with Crippen molar-refractivity contribution in [1.82, 2.24) is 10.2 Å². The van der Waals surface area contributed by atoms with E-state index in [-0.39, 0.29) is 18.4 Å². The summed E-state index contributed by atoms with van der Waals surface area (Å²) in [7, 11) is 0. The number of hydrogen-bond donors (Lipinski definition) is 1. The van der Waals surface area contributed by atoms with Crippen LogP contribution in [0.2, 0.25) is 0 Å². The lowest BCUT2D eigenvalue weighted by Gasteiger charge is -2.26. The quantitative estimate of drug-likeness (QED) is 0.472. The lowest BCUT2D eigenvalue weighted by atomic mass is 10.1. The number of nitrogens with one attached hydrogen (secondary N) is 1. The van der Waals surface area contributed by atoms with E-state index in [4.69, 9.17) is 4.74 Å². The number of carbonyl (C=O) groups is 2. The normalized spacial score (nSPS) is 16.0. The van der Waals surface area contributed by atoms with Crippen LogP contribution in [-0.2, 0) is 17.5 Å². The van der Waals surface area contributed by atoms with E-state index in [1.807, 2.05) is 18.2 Å². The number of carbonyl (C=O) groups excluding carboxylic acids is 2. The summed E-state index contributed by atoms with van der Waals surface area (Å²) < 4.78 is 44.5. The number of anilines is 1. The first-order chi connectivity index (χ1) is 18.3. The highest BCUT2D eigenvalue weighted by Gasteiger charge is 2.31. The number of halogens is 3. The van der Waals surface area contributed by atoms with Gasteiger partial charge in [0.25, 0.3) is 11.8 Å². The molecule has 2 heterocycles. The number of morpholine rings is 1. The summed E-state index contributed by atoms with van der Waals surface area (Å²) in [6.07, 6.45) is -4.44. The molecule has 1 fully saturated rings. The number of alkyl halides is 3. The Hall–Kier alpha value is -3.34. The molecule has 2 amide bonds. The van der Waals surface area contributed by atoms with Gasteiger partial charge in [0.05, 0.1) is 36.6 Å². The van der Waals surface area contributed by atoms with Crippen LogP contribution < -0.4 is 10.2 Å². The first-order valence-corrected chi connectivity index (χ1v) is 13.1. The van der Waals surface area contributed by atoms with Crippen molar-refractivity contribution in [3.8, 4) is 0 Å². The summed E-state index contributed by atoms with van der Waals surface area (Å²) in [4.78, 5) is 32.0. The number of nitrogens with zero attached hydrogens (tertiary/aromatic N) is 2. The van der Waals surface area contributed by atoms with Gasteiger partial charge in [0, 0.05) is 41.5 Å². The third-order valence-electron chi connectivity index (χ3n) is 6.53. The zero-order chi connectivity index (χ0) is 26.7. The molecule has 10 heteroatoms. The molecule has 38 heavy (non-hydrogen) atoms. The lowest BCUT2D eigenvalue weighted by molar-refractivity contribution is -0.137. The highest BCUT2D eigenvalue weighted by molar-refractivity contribution is 7.99. The molecule has 5 rings (SSSR count). The standard InChI is InChI=1S/C28H26F3N3O3S/c29-28(30,31)21-8-5-19(6-9-21)18-34-23-17-20(26(35)32-11-12-33-13-15-37-16-14-33)7-10-25(23)38-24-4-2-1-3-22(24)27(34)36/h1-10,17H,11-16,18H2,(H,32,35). The van der Waals surface area contributed by atoms with Gasteiger partial charge in [0.2, 0.25) is 0 Å². The van der Waals surface area contributed by atoms with Crippen molar-refractivity contribution in [1.29, 1.82) is 0 Å². The molecule has 0 spiro atoms. The van der Waals surface area contributed by atoms with Crippen LogP contribution in [0.4, 0.5) is 18.9 Å². The SMILES string of the molecule is O=C(NCCN1CCOCC1)c1ccc2c(c1)N(Cc1ccc(C(F)(F)F)cc1)C(=O)c1ccccc1S2. The summed E-state index contributed by atoms with van der Waals surface area (Å²) in [5.74, 6) is -0.536. The van der Waals surface area contributed by atoms with Crippen molar-refractivity contribution in [3.05, 3.63) is 89.0 Å². The molecule has 198 valence electrons. The summed E-state index contributed by atoms with van der Waals surface area (Å²) in [5.41, 5.74) is 1.24. The summed E-state index contributed by atoms with van der Waals surface area (Å²) in [6, 6.07) is 17.2. The number of ether oxygens (including phenoxy) is 1. The number of rotatable bonds is 6. The van der Waals surface area contributed by atoms with Gasteiger partial charge >= 0.3 is 6.18 Å². The molecular weight excluding hydrogens is 515 g/mol. The van der Waals surface area contributed by atoms with Crippen LogP contribution in [0.15, 0.2) is 76.5 Å². The highest BCUT2D eigenvalue weighted by atomic mass is 32.2. The monoisotopic (exact) mass is 541 g/mol. The largest absolute Gasteiger partial charge is 0.416 e. The maximum Gasteiger partial charge on any atom is 0.416 e.